The van der Waals surface area contributed by atoms with E-state index < -0.39 is 6.04 Å². The predicted molar refractivity (Wildman–Crippen MR) is 98.5 cm³/mol. The van der Waals surface area contributed by atoms with E-state index >= 15 is 0 Å². The Morgan fingerprint density at radius 3 is 2.52 bits per heavy atom. The number of ether oxygens (including phenoxy) is 1. The van der Waals surface area contributed by atoms with Gasteiger partial charge in [0.1, 0.15) is 0 Å². The molecule has 0 bridgehead atoms. The molecule has 1 heterocycles. The van der Waals surface area contributed by atoms with E-state index in [0.29, 0.717) is 12.2 Å². The Morgan fingerprint density at radius 1 is 1.16 bits per heavy atom. The summed E-state index contributed by atoms with van der Waals surface area (Å²) in [5.74, 6) is 0.317. The van der Waals surface area contributed by atoms with Crippen molar-refractivity contribution in [1.29, 1.82) is 0 Å². The number of benzene rings is 1. The number of thioether (sulfide) groups is 1. The lowest BCUT2D eigenvalue weighted by atomic mass is 10.0. The molecule has 1 amide bonds. The van der Waals surface area contributed by atoms with Crippen LogP contribution in [0.3, 0.4) is 0 Å². The monoisotopic (exact) mass is 358 g/mol. The predicted octanol–water partition coefficient (Wildman–Crippen LogP) is 3.62. The summed E-state index contributed by atoms with van der Waals surface area (Å²) in [7, 11) is 0. The molecule has 2 rings (SSSR count). The first-order chi connectivity index (χ1) is 12.1. The summed E-state index contributed by atoms with van der Waals surface area (Å²) in [6, 6.07) is 12.5. The van der Waals surface area contributed by atoms with Crippen molar-refractivity contribution in [3.8, 4) is 0 Å². The topological polar surface area (TPSA) is 68.3 Å². The number of rotatable bonds is 8. The van der Waals surface area contributed by atoms with E-state index in [1.807, 2.05) is 43.3 Å². The van der Waals surface area contributed by atoms with Gasteiger partial charge in [-0.05, 0) is 30.4 Å². The molecule has 0 fully saturated rings. The molecule has 0 radical (unpaired) electrons. The molecule has 1 N–H and O–H groups in total. The number of aromatic nitrogens is 1. The molecular formula is C19H22N2O3S. The molecule has 0 aliphatic carbocycles. The van der Waals surface area contributed by atoms with Crippen LogP contribution in [0, 0.1) is 0 Å². The fraction of sp³-hybridized carbons (Fsp3) is 0.316. The molecule has 1 unspecified atom stereocenters. The second-order valence-electron chi connectivity index (χ2n) is 5.26. The lowest BCUT2D eigenvalue weighted by molar-refractivity contribution is -0.143. The summed E-state index contributed by atoms with van der Waals surface area (Å²) in [6.07, 6.45) is 1.64. The quantitative estimate of drug-likeness (QED) is 0.577. The van der Waals surface area contributed by atoms with E-state index in [-0.39, 0.29) is 18.3 Å². The Kier molecular flexibility index (Phi) is 7.47. The fourth-order valence-corrected chi connectivity index (χ4v) is 2.90. The van der Waals surface area contributed by atoms with Gasteiger partial charge in [-0.3, -0.25) is 9.59 Å². The number of carbonyl (C=O) groups is 2. The van der Waals surface area contributed by atoms with Crippen LogP contribution in [-0.4, -0.2) is 29.2 Å². The minimum absolute atomic E-state index is 0.0841. The van der Waals surface area contributed by atoms with Gasteiger partial charge >= 0.3 is 5.97 Å². The minimum atomic E-state index is -0.447. The average molecular weight is 358 g/mol. The summed E-state index contributed by atoms with van der Waals surface area (Å²) in [6.45, 7) is 4.12. The number of amides is 1. The van der Waals surface area contributed by atoms with Crippen LogP contribution in [0.25, 0.3) is 0 Å². The van der Waals surface area contributed by atoms with Crippen molar-refractivity contribution in [3.05, 3.63) is 59.8 Å². The van der Waals surface area contributed by atoms with Crippen molar-refractivity contribution >= 4 is 23.6 Å². The highest BCUT2D eigenvalue weighted by Crippen LogP contribution is 2.19. The third-order valence-corrected chi connectivity index (χ3v) is 4.30. The number of nitrogens with one attached hydrogen (secondary N) is 1. The Bertz CT molecular complexity index is 690. The molecule has 1 aromatic heterocycles. The molecule has 1 atom stereocenters. The van der Waals surface area contributed by atoms with Crippen molar-refractivity contribution in [2.75, 3.05) is 12.4 Å². The second-order valence-corrected chi connectivity index (χ2v) is 6.55. The van der Waals surface area contributed by atoms with Crippen molar-refractivity contribution in [2.24, 2.45) is 0 Å². The highest BCUT2D eigenvalue weighted by Gasteiger charge is 2.20. The van der Waals surface area contributed by atoms with Crippen LogP contribution >= 0.6 is 11.8 Å². The maximum Gasteiger partial charge on any atom is 0.308 e. The standard InChI is InChI=1S/C19H22N2O3S/c1-3-24-18(22)12-16(14-8-6-5-7-9-14)21-19(23)15-10-11-17(20-13-15)25-4-2/h5-11,13,16H,3-4,12H2,1-2H3,(H,21,23). The van der Waals surface area contributed by atoms with Crippen LogP contribution in [0.2, 0.25) is 0 Å². The first-order valence-electron chi connectivity index (χ1n) is 8.24. The van der Waals surface area contributed by atoms with Crippen molar-refractivity contribution in [1.82, 2.24) is 10.3 Å². The molecule has 25 heavy (non-hydrogen) atoms. The normalized spacial score (nSPS) is 11.6. The SMILES string of the molecule is CCOC(=O)CC(NC(=O)c1ccc(SCC)nc1)c1ccccc1. The first-order valence-corrected chi connectivity index (χ1v) is 9.22. The van der Waals surface area contributed by atoms with E-state index in [1.165, 1.54) is 0 Å². The Hall–Kier alpha value is -2.34. The van der Waals surface area contributed by atoms with E-state index in [0.717, 1.165) is 16.3 Å². The van der Waals surface area contributed by atoms with Gasteiger partial charge in [0, 0.05) is 6.20 Å². The van der Waals surface area contributed by atoms with Crippen LogP contribution in [0.15, 0.2) is 53.7 Å². The third kappa shape index (κ3) is 5.90. The molecule has 132 valence electrons. The van der Waals surface area contributed by atoms with Gasteiger partial charge in [0.15, 0.2) is 0 Å². The van der Waals surface area contributed by atoms with Crippen molar-refractivity contribution in [2.45, 2.75) is 31.3 Å². The van der Waals surface area contributed by atoms with Crippen LogP contribution in [-0.2, 0) is 9.53 Å². The van der Waals surface area contributed by atoms with E-state index in [4.69, 9.17) is 4.74 Å². The highest BCUT2D eigenvalue weighted by atomic mass is 32.2. The smallest absolute Gasteiger partial charge is 0.308 e. The summed E-state index contributed by atoms with van der Waals surface area (Å²) >= 11 is 1.62. The van der Waals surface area contributed by atoms with Gasteiger partial charge in [0.05, 0.1) is 29.7 Å². The van der Waals surface area contributed by atoms with Crippen molar-refractivity contribution in [3.63, 3.8) is 0 Å². The van der Waals surface area contributed by atoms with E-state index in [9.17, 15) is 9.59 Å². The van der Waals surface area contributed by atoms with Gasteiger partial charge in [-0.25, -0.2) is 4.98 Å². The van der Waals surface area contributed by atoms with Gasteiger partial charge in [0.2, 0.25) is 0 Å². The average Bonchev–Trinajstić information content (AvgIpc) is 2.63. The maximum absolute atomic E-state index is 12.5. The fourth-order valence-electron chi connectivity index (χ4n) is 2.31. The van der Waals surface area contributed by atoms with E-state index in [2.05, 4.69) is 10.3 Å². The second kappa shape index (κ2) is 9.84. The molecule has 1 aromatic carbocycles. The maximum atomic E-state index is 12.5. The Labute approximate surface area is 152 Å². The number of nitrogens with zero attached hydrogens (tertiary/aromatic N) is 1. The zero-order valence-corrected chi connectivity index (χ0v) is 15.2. The molecular weight excluding hydrogens is 336 g/mol. The number of esters is 1. The zero-order valence-electron chi connectivity index (χ0n) is 14.4. The van der Waals surface area contributed by atoms with Gasteiger partial charge in [-0.2, -0.15) is 0 Å². The largest absolute Gasteiger partial charge is 0.466 e. The highest BCUT2D eigenvalue weighted by molar-refractivity contribution is 7.99. The molecule has 0 aliphatic heterocycles. The number of hydrogen-bond acceptors (Lipinski definition) is 5. The lowest BCUT2D eigenvalue weighted by Gasteiger charge is -2.18. The summed E-state index contributed by atoms with van der Waals surface area (Å²) in [5, 5.41) is 3.78. The first kappa shape index (κ1) is 19.0. The minimum Gasteiger partial charge on any atom is -0.466 e. The van der Waals surface area contributed by atoms with Crippen molar-refractivity contribution < 1.29 is 14.3 Å². The number of hydrogen-bond donors (Lipinski definition) is 1. The number of pyridine rings is 1. The van der Waals surface area contributed by atoms with Crippen LogP contribution < -0.4 is 5.32 Å². The van der Waals surface area contributed by atoms with Gasteiger partial charge in [-0.1, -0.05) is 37.3 Å². The molecule has 2 aromatic rings. The molecule has 0 saturated heterocycles. The summed E-state index contributed by atoms with van der Waals surface area (Å²) < 4.78 is 5.02. The van der Waals surface area contributed by atoms with Gasteiger partial charge in [0.25, 0.3) is 5.91 Å². The Balaban J connectivity index is 2.12. The van der Waals surface area contributed by atoms with E-state index in [1.54, 1.807) is 30.9 Å². The van der Waals surface area contributed by atoms with Crippen LogP contribution in [0.1, 0.15) is 42.2 Å². The Morgan fingerprint density at radius 2 is 1.92 bits per heavy atom. The van der Waals surface area contributed by atoms with Gasteiger partial charge < -0.3 is 10.1 Å². The number of carbonyl (C=O) groups excluding carboxylic acids is 2. The van der Waals surface area contributed by atoms with Crippen LogP contribution in [0.5, 0.6) is 0 Å². The molecule has 0 saturated carbocycles. The molecule has 0 spiro atoms. The lowest BCUT2D eigenvalue weighted by Crippen LogP contribution is -2.30. The summed E-state index contributed by atoms with van der Waals surface area (Å²) in [5.41, 5.74) is 1.32. The zero-order chi connectivity index (χ0) is 18.1. The molecule has 5 nitrogen and oxygen atoms in total. The molecule has 6 heteroatoms. The van der Waals surface area contributed by atoms with Crippen LogP contribution in [0.4, 0.5) is 0 Å². The molecule has 0 aliphatic rings. The third-order valence-electron chi connectivity index (χ3n) is 3.47. The van der Waals surface area contributed by atoms with Gasteiger partial charge in [-0.15, -0.1) is 11.8 Å². The summed E-state index contributed by atoms with van der Waals surface area (Å²) in [4.78, 5) is 28.7.